The molecule has 0 atom stereocenters. The van der Waals surface area contributed by atoms with Crippen LogP contribution in [0.5, 0.6) is 0 Å². The van der Waals surface area contributed by atoms with Gasteiger partial charge in [-0.15, -0.1) is 0 Å². The summed E-state index contributed by atoms with van der Waals surface area (Å²) in [6, 6.07) is 18.6. The van der Waals surface area contributed by atoms with Crippen LogP contribution in [0.25, 0.3) is 22.4 Å². The molecule has 0 unspecified atom stereocenters. The first-order chi connectivity index (χ1) is 10.5. The van der Waals surface area contributed by atoms with E-state index in [4.69, 9.17) is 0 Å². The minimum atomic E-state index is -4.32. The van der Waals surface area contributed by atoms with Crippen molar-refractivity contribution >= 4 is 0 Å². The summed E-state index contributed by atoms with van der Waals surface area (Å²) in [5, 5.41) is 0. The summed E-state index contributed by atoms with van der Waals surface area (Å²) in [6.07, 6.45) is -2.66. The third-order valence-electron chi connectivity index (χ3n) is 3.38. The monoisotopic (exact) mass is 299 g/mol. The lowest BCUT2D eigenvalue weighted by Gasteiger charge is -2.08. The van der Waals surface area contributed by atoms with Gasteiger partial charge in [-0.05, 0) is 35.4 Å². The Labute approximate surface area is 126 Å². The lowest BCUT2D eigenvalue weighted by molar-refractivity contribution is -0.137. The van der Waals surface area contributed by atoms with Gasteiger partial charge < -0.3 is 0 Å². The molecular formula is C18H12F3N. The van der Waals surface area contributed by atoms with E-state index in [0.717, 1.165) is 23.3 Å². The molecule has 0 aliphatic carbocycles. The number of benzene rings is 2. The van der Waals surface area contributed by atoms with Gasteiger partial charge >= 0.3 is 6.18 Å². The van der Waals surface area contributed by atoms with E-state index < -0.39 is 11.7 Å². The number of alkyl halides is 3. The second kappa shape index (κ2) is 5.64. The number of aromatic nitrogens is 1. The molecule has 0 fully saturated rings. The molecule has 2 aromatic carbocycles. The normalized spacial score (nSPS) is 11.4. The minimum Gasteiger partial charge on any atom is -0.256 e. The summed E-state index contributed by atoms with van der Waals surface area (Å²) < 4.78 is 37.8. The van der Waals surface area contributed by atoms with Gasteiger partial charge in [0, 0.05) is 11.8 Å². The number of pyridine rings is 1. The summed E-state index contributed by atoms with van der Waals surface area (Å²) in [5.41, 5.74) is 2.67. The van der Waals surface area contributed by atoms with Crippen LogP contribution in [0.1, 0.15) is 5.56 Å². The van der Waals surface area contributed by atoms with E-state index >= 15 is 0 Å². The minimum absolute atomic E-state index is 0.648. The molecule has 3 rings (SSSR count). The highest BCUT2D eigenvalue weighted by atomic mass is 19.4. The third-order valence-corrected chi connectivity index (χ3v) is 3.38. The molecule has 0 amide bonds. The van der Waals surface area contributed by atoms with Crippen LogP contribution < -0.4 is 0 Å². The quantitative estimate of drug-likeness (QED) is 0.614. The third kappa shape index (κ3) is 3.01. The molecule has 0 aliphatic heterocycles. The summed E-state index contributed by atoms with van der Waals surface area (Å²) in [6.45, 7) is 0. The zero-order valence-electron chi connectivity index (χ0n) is 11.5. The van der Waals surface area contributed by atoms with E-state index in [0.29, 0.717) is 11.3 Å². The Hall–Kier alpha value is -2.62. The van der Waals surface area contributed by atoms with Crippen LogP contribution in [0.3, 0.4) is 0 Å². The Morgan fingerprint density at radius 1 is 0.682 bits per heavy atom. The van der Waals surface area contributed by atoms with Gasteiger partial charge in [0.15, 0.2) is 0 Å². The SMILES string of the molecule is FC(F)(F)c1ccc(-c2cc(-c3ccccc3)ccn2)cc1. The number of hydrogen-bond acceptors (Lipinski definition) is 1. The zero-order chi connectivity index (χ0) is 15.6. The van der Waals surface area contributed by atoms with E-state index in [2.05, 4.69) is 4.98 Å². The molecule has 0 aliphatic rings. The summed E-state index contributed by atoms with van der Waals surface area (Å²) >= 11 is 0. The molecule has 1 heterocycles. The molecule has 3 aromatic rings. The molecule has 0 saturated carbocycles. The van der Waals surface area contributed by atoms with E-state index in [-0.39, 0.29) is 0 Å². The molecule has 0 bridgehead atoms. The Bertz CT molecular complexity index is 762. The van der Waals surface area contributed by atoms with Crippen molar-refractivity contribution in [2.24, 2.45) is 0 Å². The Balaban J connectivity index is 1.96. The summed E-state index contributed by atoms with van der Waals surface area (Å²) in [7, 11) is 0. The maximum absolute atomic E-state index is 12.6. The van der Waals surface area contributed by atoms with Crippen molar-refractivity contribution in [3.05, 3.63) is 78.5 Å². The maximum atomic E-state index is 12.6. The van der Waals surface area contributed by atoms with Crippen LogP contribution in [-0.4, -0.2) is 4.98 Å². The van der Waals surface area contributed by atoms with Gasteiger partial charge in [-0.1, -0.05) is 42.5 Å². The molecule has 4 heteroatoms. The summed E-state index contributed by atoms with van der Waals surface area (Å²) in [4.78, 5) is 4.25. The Morgan fingerprint density at radius 2 is 1.36 bits per heavy atom. The fourth-order valence-electron chi connectivity index (χ4n) is 2.23. The standard InChI is InChI=1S/C18H12F3N/c19-18(20,21)16-8-6-14(7-9-16)17-12-15(10-11-22-17)13-4-2-1-3-5-13/h1-12H. The highest BCUT2D eigenvalue weighted by Crippen LogP contribution is 2.31. The largest absolute Gasteiger partial charge is 0.416 e. The van der Waals surface area contributed by atoms with Crippen molar-refractivity contribution in [2.45, 2.75) is 6.18 Å². The van der Waals surface area contributed by atoms with Crippen molar-refractivity contribution < 1.29 is 13.2 Å². The highest BCUT2D eigenvalue weighted by Gasteiger charge is 2.29. The van der Waals surface area contributed by atoms with Gasteiger partial charge in [-0.2, -0.15) is 13.2 Å². The van der Waals surface area contributed by atoms with Gasteiger partial charge in [0.05, 0.1) is 11.3 Å². The van der Waals surface area contributed by atoms with Crippen LogP contribution >= 0.6 is 0 Å². The van der Waals surface area contributed by atoms with Gasteiger partial charge in [0.25, 0.3) is 0 Å². The van der Waals surface area contributed by atoms with Gasteiger partial charge in [0.2, 0.25) is 0 Å². The number of hydrogen-bond donors (Lipinski definition) is 0. The average molecular weight is 299 g/mol. The average Bonchev–Trinajstić information content (AvgIpc) is 2.55. The predicted octanol–water partition coefficient (Wildman–Crippen LogP) is 5.43. The number of nitrogens with zero attached hydrogens (tertiary/aromatic N) is 1. The maximum Gasteiger partial charge on any atom is 0.416 e. The Kier molecular flexibility index (Phi) is 3.67. The van der Waals surface area contributed by atoms with Gasteiger partial charge in [0.1, 0.15) is 0 Å². The molecule has 0 spiro atoms. The van der Waals surface area contributed by atoms with Crippen LogP contribution in [-0.2, 0) is 6.18 Å². The van der Waals surface area contributed by atoms with Crippen LogP contribution in [0.15, 0.2) is 72.9 Å². The fraction of sp³-hybridized carbons (Fsp3) is 0.0556. The Morgan fingerprint density at radius 3 is 2.00 bits per heavy atom. The molecule has 110 valence electrons. The van der Waals surface area contributed by atoms with Gasteiger partial charge in [-0.3, -0.25) is 4.98 Å². The van der Waals surface area contributed by atoms with E-state index in [1.807, 2.05) is 42.5 Å². The van der Waals surface area contributed by atoms with Crippen molar-refractivity contribution in [3.8, 4) is 22.4 Å². The van der Waals surface area contributed by atoms with E-state index in [1.165, 1.54) is 12.1 Å². The van der Waals surface area contributed by atoms with Crippen LogP contribution in [0.2, 0.25) is 0 Å². The molecular weight excluding hydrogens is 287 g/mol. The first kappa shape index (κ1) is 14.3. The second-order valence-electron chi connectivity index (χ2n) is 4.87. The lowest BCUT2D eigenvalue weighted by Crippen LogP contribution is -2.04. The van der Waals surface area contributed by atoms with Gasteiger partial charge in [-0.25, -0.2) is 0 Å². The van der Waals surface area contributed by atoms with E-state index in [1.54, 1.807) is 6.20 Å². The lowest BCUT2D eigenvalue weighted by atomic mass is 10.0. The fourth-order valence-corrected chi connectivity index (χ4v) is 2.23. The van der Waals surface area contributed by atoms with Crippen LogP contribution in [0.4, 0.5) is 13.2 Å². The first-order valence-electron chi connectivity index (χ1n) is 6.73. The molecule has 22 heavy (non-hydrogen) atoms. The number of halogens is 3. The molecule has 1 nitrogen and oxygen atoms in total. The molecule has 1 aromatic heterocycles. The van der Waals surface area contributed by atoms with Crippen molar-refractivity contribution in [1.82, 2.24) is 4.98 Å². The number of rotatable bonds is 2. The van der Waals surface area contributed by atoms with Crippen molar-refractivity contribution in [3.63, 3.8) is 0 Å². The molecule has 0 saturated heterocycles. The topological polar surface area (TPSA) is 12.9 Å². The molecule has 0 N–H and O–H groups in total. The molecule has 0 radical (unpaired) electrons. The van der Waals surface area contributed by atoms with Crippen LogP contribution in [0, 0.1) is 0 Å². The zero-order valence-corrected chi connectivity index (χ0v) is 11.5. The summed E-state index contributed by atoms with van der Waals surface area (Å²) in [5.74, 6) is 0. The second-order valence-corrected chi connectivity index (χ2v) is 4.87. The predicted molar refractivity (Wildman–Crippen MR) is 80.1 cm³/mol. The smallest absolute Gasteiger partial charge is 0.256 e. The first-order valence-corrected chi connectivity index (χ1v) is 6.73. The van der Waals surface area contributed by atoms with Crippen molar-refractivity contribution in [1.29, 1.82) is 0 Å². The highest BCUT2D eigenvalue weighted by molar-refractivity contribution is 5.70. The van der Waals surface area contributed by atoms with E-state index in [9.17, 15) is 13.2 Å². The van der Waals surface area contributed by atoms with Crippen molar-refractivity contribution in [2.75, 3.05) is 0 Å².